The number of carbonyl (C=O) groups is 1. The average molecular weight is 219 g/mol. The van der Waals surface area contributed by atoms with E-state index in [0.717, 1.165) is 18.5 Å². The van der Waals surface area contributed by atoms with Crippen molar-refractivity contribution in [3.63, 3.8) is 0 Å². The van der Waals surface area contributed by atoms with E-state index in [2.05, 4.69) is 6.92 Å². The molecule has 86 valence electrons. The summed E-state index contributed by atoms with van der Waals surface area (Å²) in [7, 11) is 0. The number of aryl methyl sites for hydroxylation is 1. The zero-order valence-electron chi connectivity index (χ0n) is 9.52. The second kappa shape index (κ2) is 4.66. The Hall–Kier alpha value is -1.35. The van der Waals surface area contributed by atoms with E-state index in [1.165, 1.54) is 5.56 Å². The molecule has 1 aliphatic rings. The first kappa shape index (κ1) is 11.1. The maximum Gasteiger partial charge on any atom is 0.255 e. The van der Waals surface area contributed by atoms with Gasteiger partial charge in [-0.15, -0.1) is 0 Å². The van der Waals surface area contributed by atoms with Crippen LogP contribution in [0.1, 0.15) is 25.3 Å². The molecule has 1 atom stereocenters. The molecule has 16 heavy (non-hydrogen) atoms. The van der Waals surface area contributed by atoms with Gasteiger partial charge in [0, 0.05) is 12.2 Å². The molecule has 1 aliphatic heterocycles. The number of piperidine rings is 1. The second-order valence-electron chi connectivity index (χ2n) is 4.17. The molecule has 3 heteroatoms. The van der Waals surface area contributed by atoms with Crippen molar-refractivity contribution in [1.29, 1.82) is 0 Å². The molecule has 1 unspecified atom stereocenters. The van der Waals surface area contributed by atoms with Crippen molar-refractivity contribution in [2.75, 3.05) is 11.4 Å². The maximum absolute atomic E-state index is 11.8. The molecule has 1 saturated heterocycles. The van der Waals surface area contributed by atoms with Crippen molar-refractivity contribution in [3.05, 3.63) is 29.8 Å². The van der Waals surface area contributed by atoms with Gasteiger partial charge in [0.25, 0.3) is 5.91 Å². The van der Waals surface area contributed by atoms with Crippen molar-refractivity contribution in [2.45, 2.75) is 32.3 Å². The Balaban J connectivity index is 2.19. The highest BCUT2D eigenvalue weighted by Gasteiger charge is 2.27. The van der Waals surface area contributed by atoms with Gasteiger partial charge in [0.2, 0.25) is 0 Å². The summed E-state index contributed by atoms with van der Waals surface area (Å²) in [5, 5.41) is 9.52. The Morgan fingerprint density at radius 2 is 2.06 bits per heavy atom. The lowest BCUT2D eigenvalue weighted by Gasteiger charge is -2.29. The number of aliphatic hydroxyl groups is 1. The Labute approximate surface area is 95.7 Å². The molecule has 1 aromatic carbocycles. The molecule has 3 nitrogen and oxygen atoms in total. The number of anilines is 1. The molecular weight excluding hydrogens is 202 g/mol. The molecule has 1 amide bonds. The number of benzene rings is 1. The number of nitrogens with zero attached hydrogens (tertiary/aromatic N) is 1. The van der Waals surface area contributed by atoms with E-state index < -0.39 is 6.10 Å². The summed E-state index contributed by atoms with van der Waals surface area (Å²) in [5.41, 5.74) is 2.15. The standard InChI is InChI=1S/C13H17NO2/c1-2-10-5-7-11(8-6-10)14-9-3-4-12(15)13(14)16/h5-8,12,15H,2-4,9H2,1H3. The van der Waals surface area contributed by atoms with Gasteiger partial charge in [-0.1, -0.05) is 19.1 Å². The molecule has 1 heterocycles. The van der Waals surface area contributed by atoms with Crippen molar-refractivity contribution in [2.24, 2.45) is 0 Å². The summed E-state index contributed by atoms with van der Waals surface area (Å²) in [6.45, 7) is 2.81. The molecule has 1 aromatic rings. The Morgan fingerprint density at radius 1 is 1.38 bits per heavy atom. The third kappa shape index (κ3) is 2.09. The zero-order chi connectivity index (χ0) is 11.5. The van der Waals surface area contributed by atoms with Crippen LogP contribution in [0.2, 0.25) is 0 Å². The van der Waals surface area contributed by atoms with Gasteiger partial charge in [0.15, 0.2) is 0 Å². The largest absolute Gasteiger partial charge is 0.383 e. The minimum absolute atomic E-state index is 0.171. The number of rotatable bonds is 2. The van der Waals surface area contributed by atoms with Crippen LogP contribution in [0.5, 0.6) is 0 Å². The summed E-state index contributed by atoms with van der Waals surface area (Å²) in [6.07, 6.45) is 1.63. The van der Waals surface area contributed by atoms with Gasteiger partial charge in [0.05, 0.1) is 0 Å². The smallest absolute Gasteiger partial charge is 0.255 e. The van der Waals surface area contributed by atoms with E-state index in [9.17, 15) is 9.90 Å². The summed E-state index contributed by atoms with van der Waals surface area (Å²) < 4.78 is 0. The zero-order valence-corrected chi connectivity index (χ0v) is 9.52. The molecular formula is C13H17NO2. The van der Waals surface area contributed by atoms with Gasteiger partial charge in [0.1, 0.15) is 6.10 Å². The van der Waals surface area contributed by atoms with Crippen LogP contribution in [-0.4, -0.2) is 23.7 Å². The normalized spacial score (nSPS) is 21.2. The van der Waals surface area contributed by atoms with Crippen LogP contribution in [0.3, 0.4) is 0 Å². The van der Waals surface area contributed by atoms with Gasteiger partial charge < -0.3 is 10.0 Å². The molecule has 1 fully saturated rings. The van der Waals surface area contributed by atoms with Gasteiger partial charge >= 0.3 is 0 Å². The number of hydrogen-bond donors (Lipinski definition) is 1. The predicted octanol–water partition coefficient (Wildman–Crippen LogP) is 1.74. The fourth-order valence-corrected chi connectivity index (χ4v) is 2.02. The monoisotopic (exact) mass is 219 g/mol. The fraction of sp³-hybridized carbons (Fsp3) is 0.462. The fourth-order valence-electron chi connectivity index (χ4n) is 2.02. The van der Waals surface area contributed by atoms with Crippen LogP contribution in [0, 0.1) is 0 Å². The third-order valence-electron chi connectivity index (χ3n) is 3.07. The van der Waals surface area contributed by atoms with Gasteiger partial charge in [-0.25, -0.2) is 0 Å². The highest BCUT2D eigenvalue weighted by molar-refractivity contribution is 5.97. The number of hydrogen-bond acceptors (Lipinski definition) is 2. The molecule has 0 radical (unpaired) electrons. The average Bonchev–Trinajstić information content (AvgIpc) is 2.33. The number of carbonyl (C=O) groups excluding carboxylic acids is 1. The first-order valence-corrected chi connectivity index (χ1v) is 5.80. The topological polar surface area (TPSA) is 40.5 Å². The van der Waals surface area contributed by atoms with E-state index >= 15 is 0 Å². The molecule has 0 aliphatic carbocycles. The molecule has 2 rings (SSSR count). The summed E-state index contributed by atoms with van der Waals surface area (Å²) in [6, 6.07) is 7.97. The number of amides is 1. The first-order valence-electron chi connectivity index (χ1n) is 5.80. The van der Waals surface area contributed by atoms with E-state index in [1.807, 2.05) is 24.3 Å². The van der Waals surface area contributed by atoms with Crippen molar-refractivity contribution in [3.8, 4) is 0 Å². The van der Waals surface area contributed by atoms with Gasteiger partial charge in [-0.3, -0.25) is 4.79 Å². The molecule has 1 N–H and O–H groups in total. The highest BCUT2D eigenvalue weighted by Crippen LogP contribution is 2.21. The van der Waals surface area contributed by atoms with Crippen molar-refractivity contribution < 1.29 is 9.90 Å². The first-order chi connectivity index (χ1) is 7.72. The summed E-state index contributed by atoms with van der Waals surface area (Å²) >= 11 is 0. The lowest BCUT2D eigenvalue weighted by Crippen LogP contribution is -2.44. The third-order valence-corrected chi connectivity index (χ3v) is 3.07. The maximum atomic E-state index is 11.8. The van der Waals surface area contributed by atoms with Crippen LogP contribution in [0.15, 0.2) is 24.3 Å². The quantitative estimate of drug-likeness (QED) is 0.823. The minimum atomic E-state index is -0.820. The molecule has 0 aromatic heterocycles. The van der Waals surface area contributed by atoms with Crippen LogP contribution in [0.4, 0.5) is 5.69 Å². The predicted molar refractivity (Wildman–Crippen MR) is 63.4 cm³/mol. The molecule has 0 bridgehead atoms. The SMILES string of the molecule is CCc1ccc(N2CCCC(O)C2=O)cc1. The molecule has 0 saturated carbocycles. The lowest BCUT2D eigenvalue weighted by atomic mass is 10.1. The molecule has 0 spiro atoms. The van der Waals surface area contributed by atoms with E-state index in [0.29, 0.717) is 13.0 Å². The van der Waals surface area contributed by atoms with Crippen molar-refractivity contribution >= 4 is 11.6 Å². The lowest BCUT2D eigenvalue weighted by molar-refractivity contribution is -0.128. The summed E-state index contributed by atoms with van der Waals surface area (Å²) in [5.74, 6) is -0.171. The van der Waals surface area contributed by atoms with E-state index in [4.69, 9.17) is 0 Å². The number of aliphatic hydroxyl groups excluding tert-OH is 1. The van der Waals surface area contributed by atoms with Crippen molar-refractivity contribution in [1.82, 2.24) is 0 Å². The van der Waals surface area contributed by atoms with Gasteiger partial charge in [-0.05, 0) is 37.0 Å². The van der Waals surface area contributed by atoms with Crippen LogP contribution in [-0.2, 0) is 11.2 Å². The van der Waals surface area contributed by atoms with Gasteiger partial charge in [-0.2, -0.15) is 0 Å². The van der Waals surface area contributed by atoms with Crippen LogP contribution in [0.25, 0.3) is 0 Å². The minimum Gasteiger partial charge on any atom is -0.383 e. The Bertz CT molecular complexity index is 372. The Kier molecular flexibility index (Phi) is 3.25. The van der Waals surface area contributed by atoms with E-state index in [1.54, 1.807) is 4.90 Å². The van der Waals surface area contributed by atoms with Crippen LogP contribution < -0.4 is 4.90 Å². The van der Waals surface area contributed by atoms with E-state index in [-0.39, 0.29) is 5.91 Å². The summed E-state index contributed by atoms with van der Waals surface area (Å²) in [4.78, 5) is 13.4. The highest BCUT2D eigenvalue weighted by atomic mass is 16.3. The van der Waals surface area contributed by atoms with Crippen LogP contribution >= 0.6 is 0 Å². The second-order valence-corrected chi connectivity index (χ2v) is 4.17. The Morgan fingerprint density at radius 3 is 2.69 bits per heavy atom.